The molecule has 4 rings (SSSR count). The quantitative estimate of drug-likeness (QED) is 0.747. The molecular formula is C15H26N2. The minimum Gasteiger partial charge on any atom is -0.314 e. The van der Waals surface area contributed by atoms with Crippen LogP contribution in [0.15, 0.2) is 0 Å². The van der Waals surface area contributed by atoms with Gasteiger partial charge in [-0.15, -0.1) is 0 Å². The molecule has 4 fully saturated rings. The molecule has 0 spiro atoms. The maximum Gasteiger partial charge on any atom is 0.0127 e. The second-order valence-electron chi connectivity index (χ2n) is 7.03. The first kappa shape index (κ1) is 10.8. The molecule has 0 amide bonds. The van der Waals surface area contributed by atoms with Gasteiger partial charge in [-0.2, -0.15) is 0 Å². The maximum absolute atomic E-state index is 3.51. The number of piperazine rings is 1. The summed E-state index contributed by atoms with van der Waals surface area (Å²) in [5, 5.41) is 3.51. The number of nitrogens with one attached hydrogen (secondary N) is 1. The molecule has 5 unspecified atom stereocenters. The first-order valence-electron chi connectivity index (χ1n) is 7.85. The maximum atomic E-state index is 3.51. The SMILES string of the molecule is C1CN(C2CCC3CC4CC(C3)C2C4)CCN1. The van der Waals surface area contributed by atoms with E-state index in [1.807, 2.05) is 0 Å². The van der Waals surface area contributed by atoms with Crippen LogP contribution in [0.4, 0.5) is 0 Å². The van der Waals surface area contributed by atoms with Gasteiger partial charge >= 0.3 is 0 Å². The molecule has 2 heteroatoms. The second-order valence-corrected chi connectivity index (χ2v) is 7.03. The number of fused-ring (bicyclic) bond motifs is 2. The van der Waals surface area contributed by atoms with Crippen LogP contribution in [0.2, 0.25) is 0 Å². The molecule has 0 aromatic rings. The van der Waals surface area contributed by atoms with E-state index in [-0.39, 0.29) is 0 Å². The Morgan fingerprint density at radius 3 is 2.53 bits per heavy atom. The van der Waals surface area contributed by atoms with Gasteiger partial charge < -0.3 is 5.32 Å². The van der Waals surface area contributed by atoms with Gasteiger partial charge in [-0.05, 0) is 62.2 Å². The van der Waals surface area contributed by atoms with Crippen LogP contribution in [0.5, 0.6) is 0 Å². The third-order valence-electron chi connectivity index (χ3n) is 6.14. The Morgan fingerprint density at radius 1 is 0.824 bits per heavy atom. The molecular weight excluding hydrogens is 208 g/mol. The molecule has 4 aliphatic rings. The standard InChI is InChI=1S/C15H26N2/c1-2-15(17-5-3-16-4-6-17)14-10-12-7-11(1)8-13(14)9-12/h11-16H,1-10H2. The molecule has 0 radical (unpaired) electrons. The van der Waals surface area contributed by atoms with Crippen molar-refractivity contribution < 1.29 is 0 Å². The lowest BCUT2D eigenvalue weighted by Crippen LogP contribution is -2.51. The molecule has 3 saturated carbocycles. The molecule has 1 saturated heterocycles. The number of hydrogen-bond acceptors (Lipinski definition) is 2. The highest BCUT2D eigenvalue weighted by molar-refractivity contribution is 4.99. The van der Waals surface area contributed by atoms with E-state index in [2.05, 4.69) is 10.2 Å². The third kappa shape index (κ3) is 1.84. The molecule has 2 nitrogen and oxygen atoms in total. The summed E-state index contributed by atoms with van der Waals surface area (Å²) >= 11 is 0. The van der Waals surface area contributed by atoms with Crippen LogP contribution in [0.25, 0.3) is 0 Å². The predicted molar refractivity (Wildman–Crippen MR) is 69.9 cm³/mol. The predicted octanol–water partition coefficient (Wildman–Crippen LogP) is 2.11. The van der Waals surface area contributed by atoms with E-state index in [9.17, 15) is 0 Å². The normalized spacial score (nSPS) is 50.5. The van der Waals surface area contributed by atoms with Crippen LogP contribution in [0.3, 0.4) is 0 Å². The topological polar surface area (TPSA) is 15.3 Å². The summed E-state index contributed by atoms with van der Waals surface area (Å²) in [5.41, 5.74) is 0. The Balaban J connectivity index is 1.55. The van der Waals surface area contributed by atoms with E-state index in [1.165, 1.54) is 39.0 Å². The van der Waals surface area contributed by atoms with Crippen molar-refractivity contribution in [3.63, 3.8) is 0 Å². The lowest BCUT2D eigenvalue weighted by Gasteiger charge is -2.39. The average Bonchev–Trinajstić information content (AvgIpc) is 2.59. The van der Waals surface area contributed by atoms with Gasteiger partial charge in [-0.1, -0.05) is 0 Å². The van der Waals surface area contributed by atoms with E-state index < -0.39 is 0 Å². The van der Waals surface area contributed by atoms with Gasteiger partial charge in [0.25, 0.3) is 0 Å². The molecule has 3 aliphatic carbocycles. The summed E-state index contributed by atoms with van der Waals surface area (Å²) in [5.74, 6) is 4.41. The van der Waals surface area contributed by atoms with Crippen molar-refractivity contribution >= 4 is 0 Å². The molecule has 1 N–H and O–H groups in total. The lowest BCUT2D eigenvalue weighted by atomic mass is 9.80. The summed E-state index contributed by atoms with van der Waals surface area (Å²) in [6, 6.07) is 0.956. The molecule has 17 heavy (non-hydrogen) atoms. The molecule has 1 heterocycles. The van der Waals surface area contributed by atoms with Crippen LogP contribution in [-0.2, 0) is 0 Å². The van der Waals surface area contributed by atoms with Crippen LogP contribution in [-0.4, -0.2) is 37.1 Å². The fourth-order valence-electron chi connectivity index (χ4n) is 5.53. The zero-order valence-electron chi connectivity index (χ0n) is 10.9. The van der Waals surface area contributed by atoms with Gasteiger partial charge in [0.15, 0.2) is 0 Å². The first-order valence-corrected chi connectivity index (χ1v) is 7.85. The van der Waals surface area contributed by atoms with Crippen LogP contribution < -0.4 is 5.32 Å². The lowest BCUT2D eigenvalue weighted by molar-refractivity contribution is 0.103. The highest BCUT2D eigenvalue weighted by Crippen LogP contribution is 2.54. The monoisotopic (exact) mass is 234 g/mol. The Morgan fingerprint density at radius 2 is 1.65 bits per heavy atom. The van der Waals surface area contributed by atoms with Gasteiger partial charge in [0, 0.05) is 32.2 Å². The fourth-order valence-corrected chi connectivity index (χ4v) is 5.53. The van der Waals surface area contributed by atoms with Crippen molar-refractivity contribution in [2.24, 2.45) is 23.7 Å². The van der Waals surface area contributed by atoms with Gasteiger partial charge in [0.2, 0.25) is 0 Å². The van der Waals surface area contributed by atoms with Gasteiger partial charge in [0.05, 0.1) is 0 Å². The van der Waals surface area contributed by atoms with E-state index >= 15 is 0 Å². The van der Waals surface area contributed by atoms with Crippen LogP contribution in [0.1, 0.15) is 38.5 Å². The first-order chi connectivity index (χ1) is 8.40. The van der Waals surface area contributed by atoms with Gasteiger partial charge in [-0.25, -0.2) is 0 Å². The van der Waals surface area contributed by atoms with E-state index in [0.717, 1.165) is 29.7 Å². The zero-order valence-corrected chi connectivity index (χ0v) is 10.9. The minimum absolute atomic E-state index is 0.956. The Bertz CT molecular complexity index is 285. The largest absolute Gasteiger partial charge is 0.314 e. The average molecular weight is 234 g/mol. The summed E-state index contributed by atoms with van der Waals surface area (Å²) < 4.78 is 0. The Hall–Kier alpha value is -0.0800. The van der Waals surface area contributed by atoms with E-state index in [1.54, 1.807) is 25.7 Å². The van der Waals surface area contributed by atoms with Crippen LogP contribution >= 0.6 is 0 Å². The highest BCUT2D eigenvalue weighted by atomic mass is 15.2. The number of nitrogens with zero attached hydrogens (tertiary/aromatic N) is 1. The summed E-state index contributed by atoms with van der Waals surface area (Å²) in [6.07, 6.45) is 9.39. The summed E-state index contributed by atoms with van der Waals surface area (Å²) in [7, 11) is 0. The summed E-state index contributed by atoms with van der Waals surface area (Å²) in [6.45, 7) is 5.06. The molecule has 1 aliphatic heterocycles. The zero-order chi connectivity index (χ0) is 11.2. The summed E-state index contributed by atoms with van der Waals surface area (Å²) in [4.78, 5) is 2.84. The van der Waals surface area contributed by atoms with Crippen molar-refractivity contribution in [2.45, 2.75) is 44.6 Å². The third-order valence-corrected chi connectivity index (χ3v) is 6.14. The fraction of sp³-hybridized carbons (Fsp3) is 1.00. The van der Waals surface area contributed by atoms with Crippen molar-refractivity contribution in [1.29, 1.82) is 0 Å². The van der Waals surface area contributed by atoms with E-state index in [0.29, 0.717) is 0 Å². The molecule has 3 bridgehead atoms. The Labute approximate surface area is 105 Å². The van der Waals surface area contributed by atoms with Crippen molar-refractivity contribution in [2.75, 3.05) is 26.2 Å². The van der Waals surface area contributed by atoms with Gasteiger partial charge in [-0.3, -0.25) is 4.90 Å². The smallest absolute Gasteiger partial charge is 0.0127 e. The van der Waals surface area contributed by atoms with Gasteiger partial charge in [0.1, 0.15) is 0 Å². The van der Waals surface area contributed by atoms with Crippen LogP contribution in [0, 0.1) is 23.7 Å². The highest BCUT2D eigenvalue weighted by Gasteiger charge is 2.47. The molecule has 5 atom stereocenters. The molecule has 0 aromatic carbocycles. The van der Waals surface area contributed by atoms with E-state index in [4.69, 9.17) is 0 Å². The van der Waals surface area contributed by atoms with Crippen molar-refractivity contribution in [3.05, 3.63) is 0 Å². The molecule has 96 valence electrons. The minimum atomic E-state index is 0.956. The Kier molecular flexibility index (Phi) is 2.69. The van der Waals surface area contributed by atoms with Crippen molar-refractivity contribution in [3.8, 4) is 0 Å². The second kappa shape index (κ2) is 4.24. The van der Waals surface area contributed by atoms with Crippen molar-refractivity contribution in [1.82, 2.24) is 10.2 Å². The number of rotatable bonds is 1. The molecule has 0 aromatic heterocycles. The number of hydrogen-bond donors (Lipinski definition) is 1.